The summed E-state index contributed by atoms with van der Waals surface area (Å²) in [5, 5.41) is 7.74. The van der Waals surface area contributed by atoms with E-state index in [2.05, 4.69) is 22.8 Å². The van der Waals surface area contributed by atoms with Crippen LogP contribution in [0.1, 0.15) is 33.9 Å². The van der Waals surface area contributed by atoms with Crippen LogP contribution in [0, 0.1) is 5.82 Å². The summed E-state index contributed by atoms with van der Waals surface area (Å²) in [4.78, 5) is 26.1. The Morgan fingerprint density at radius 2 is 1.56 bits per heavy atom. The second-order valence-electron chi connectivity index (χ2n) is 8.04. The van der Waals surface area contributed by atoms with Gasteiger partial charge in [-0.1, -0.05) is 66.2 Å². The summed E-state index contributed by atoms with van der Waals surface area (Å²) < 4.78 is 13.5. The van der Waals surface area contributed by atoms with Gasteiger partial charge in [0.05, 0.1) is 0 Å². The number of hydrogen-bond donors (Lipinski definition) is 2. The van der Waals surface area contributed by atoms with Crippen LogP contribution in [0.4, 0.5) is 4.39 Å². The molecule has 0 aliphatic carbocycles. The lowest BCUT2D eigenvalue weighted by Crippen LogP contribution is -2.40. The molecule has 0 aliphatic rings. The Hall–Kier alpha value is -3.70. The fraction of sp³-hybridized carbons (Fsp3) is 0.143. The standard InChI is InChI=1S/C28H24ClFN2O2/c29-24-13-10-20(11-14-24)26(28(34)31-16-4-7-19-5-2-1-3-6-19)32-27(33)23-9-8-22-18-25(30)15-12-21(22)17-23/h1-3,5-6,8-15,17-18,26H,4,7,16H2,(H,31,34)(H,32,33)/t26-/m0/s1. The molecule has 4 aromatic carbocycles. The molecule has 0 saturated heterocycles. The molecule has 2 N–H and O–H groups in total. The molecule has 0 aliphatic heterocycles. The topological polar surface area (TPSA) is 58.2 Å². The largest absolute Gasteiger partial charge is 0.354 e. The van der Waals surface area contributed by atoms with Gasteiger partial charge in [0.2, 0.25) is 5.91 Å². The van der Waals surface area contributed by atoms with Gasteiger partial charge in [0.15, 0.2) is 0 Å². The van der Waals surface area contributed by atoms with Crippen molar-refractivity contribution >= 4 is 34.2 Å². The average Bonchev–Trinajstić information content (AvgIpc) is 2.86. The molecule has 0 saturated carbocycles. The first kappa shape index (κ1) is 23.5. The van der Waals surface area contributed by atoms with Crippen LogP contribution in [0.2, 0.25) is 5.02 Å². The molecule has 2 amide bonds. The Balaban J connectivity index is 1.46. The van der Waals surface area contributed by atoms with E-state index in [4.69, 9.17) is 11.6 Å². The molecular weight excluding hydrogens is 451 g/mol. The van der Waals surface area contributed by atoms with Crippen molar-refractivity contribution in [1.82, 2.24) is 10.6 Å². The zero-order chi connectivity index (χ0) is 23.9. The number of benzene rings is 4. The number of aryl methyl sites for hydroxylation is 1. The van der Waals surface area contributed by atoms with Crippen LogP contribution < -0.4 is 10.6 Å². The van der Waals surface area contributed by atoms with Gasteiger partial charge in [-0.05, 0) is 71.1 Å². The maximum atomic E-state index is 13.5. The van der Waals surface area contributed by atoms with Crippen molar-refractivity contribution in [2.24, 2.45) is 0 Å². The van der Waals surface area contributed by atoms with Gasteiger partial charge < -0.3 is 10.6 Å². The van der Waals surface area contributed by atoms with E-state index in [9.17, 15) is 14.0 Å². The Bertz CT molecular complexity index is 1290. The van der Waals surface area contributed by atoms with E-state index in [1.165, 1.54) is 17.7 Å². The predicted molar refractivity (Wildman–Crippen MR) is 133 cm³/mol. The van der Waals surface area contributed by atoms with Gasteiger partial charge in [0.25, 0.3) is 5.91 Å². The molecule has 0 heterocycles. The fourth-order valence-corrected chi connectivity index (χ4v) is 3.90. The Kier molecular flexibility index (Phi) is 7.55. The zero-order valence-corrected chi connectivity index (χ0v) is 19.2. The third-order valence-corrected chi connectivity index (χ3v) is 5.84. The summed E-state index contributed by atoms with van der Waals surface area (Å²) in [5.74, 6) is -1.03. The summed E-state index contributed by atoms with van der Waals surface area (Å²) >= 11 is 6.01. The summed E-state index contributed by atoms with van der Waals surface area (Å²) in [6.07, 6.45) is 1.62. The highest BCUT2D eigenvalue weighted by Gasteiger charge is 2.23. The van der Waals surface area contributed by atoms with Gasteiger partial charge in [-0.25, -0.2) is 4.39 Å². The van der Waals surface area contributed by atoms with E-state index in [0.29, 0.717) is 28.1 Å². The summed E-state index contributed by atoms with van der Waals surface area (Å²) in [7, 11) is 0. The highest BCUT2D eigenvalue weighted by atomic mass is 35.5. The van der Waals surface area contributed by atoms with E-state index < -0.39 is 11.9 Å². The molecule has 0 fully saturated rings. The predicted octanol–water partition coefficient (Wildman–Crippen LogP) is 5.85. The van der Waals surface area contributed by atoms with E-state index in [1.54, 1.807) is 48.5 Å². The summed E-state index contributed by atoms with van der Waals surface area (Å²) in [6.45, 7) is 0.481. The van der Waals surface area contributed by atoms with Crippen molar-refractivity contribution in [2.75, 3.05) is 6.54 Å². The number of carbonyl (C=O) groups is 2. The maximum Gasteiger partial charge on any atom is 0.252 e. The number of carbonyl (C=O) groups excluding carboxylic acids is 2. The number of fused-ring (bicyclic) bond motifs is 1. The van der Waals surface area contributed by atoms with Gasteiger partial charge in [-0.15, -0.1) is 0 Å². The van der Waals surface area contributed by atoms with Crippen molar-refractivity contribution in [2.45, 2.75) is 18.9 Å². The Labute approximate surface area is 202 Å². The molecular formula is C28H24ClFN2O2. The quantitative estimate of drug-likeness (QED) is 0.314. The monoisotopic (exact) mass is 474 g/mol. The van der Waals surface area contributed by atoms with Crippen LogP contribution in [0.3, 0.4) is 0 Å². The highest BCUT2D eigenvalue weighted by molar-refractivity contribution is 6.30. The molecule has 0 spiro atoms. The Morgan fingerprint density at radius 3 is 2.32 bits per heavy atom. The minimum absolute atomic E-state index is 0.299. The number of rotatable bonds is 8. The first-order valence-electron chi connectivity index (χ1n) is 11.1. The second-order valence-corrected chi connectivity index (χ2v) is 8.48. The molecule has 4 aromatic rings. The molecule has 0 bridgehead atoms. The summed E-state index contributed by atoms with van der Waals surface area (Å²) in [5.41, 5.74) is 2.21. The van der Waals surface area contributed by atoms with E-state index >= 15 is 0 Å². The summed E-state index contributed by atoms with van der Waals surface area (Å²) in [6, 6.07) is 25.4. The Morgan fingerprint density at radius 1 is 0.853 bits per heavy atom. The van der Waals surface area contributed by atoms with Crippen molar-refractivity contribution in [3.8, 4) is 0 Å². The molecule has 34 heavy (non-hydrogen) atoms. The van der Waals surface area contributed by atoms with Crippen molar-refractivity contribution in [3.05, 3.63) is 119 Å². The van der Waals surface area contributed by atoms with Crippen molar-refractivity contribution < 1.29 is 14.0 Å². The van der Waals surface area contributed by atoms with Gasteiger partial charge in [-0.3, -0.25) is 9.59 Å². The number of hydrogen-bond acceptors (Lipinski definition) is 2. The third-order valence-electron chi connectivity index (χ3n) is 5.59. The lowest BCUT2D eigenvalue weighted by atomic mass is 10.0. The van der Waals surface area contributed by atoms with Gasteiger partial charge in [0, 0.05) is 17.1 Å². The molecule has 4 nitrogen and oxygen atoms in total. The third kappa shape index (κ3) is 6.00. The molecule has 0 aromatic heterocycles. The highest BCUT2D eigenvalue weighted by Crippen LogP contribution is 2.20. The first-order valence-corrected chi connectivity index (χ1v) is 11.4. The van der Waals surface area contributed by atoms with Gasteiger partial charge in [-0.2, -0.15) is 0 Å². The number of nitrogens with one attached hydrogen (secondary N) is 2. The normalized spacial score (nSPS) is 11.7. The minimum Gasteiger partial charge on any atom is -0.354 e. The molecule has 6 heteroatoms. The SMILES string of the molecule is O=C(N[C@H](C(=O)NCCCc1ccccc1)c1ccc(Cl)cc1)c1ccc2cc(F)ccc2c1. The van der Waals surface area contributed by atoms with E-state index in [0.717, 1.165) is 18.2 Å². The molecule has 0 radical (unpaired) electrons. The second kappa shape index (κ2) is 10.9. The van der Waals surface area contributed by atoms with Crippen LogP contribution in [0.15, 0.2) is 91.0 Å². The van der Waals surface area contributed by atoms with Crippen LogP contribution in [-0.2, 0) is 11.2 Å². The molecule has 0 unspecified atom stereocenters. The van der Waals surface area contributed by atoms with Gasteiger partial charge >= 0.3 is 0 Å². The zero-order valence-electron chi connectivity index (χ0n) is 18.4. The lowest BCUT2D eigenvalue weighted by molar-refractivity contribution is -0.123. The molecule has 1 atom stereocenters. The van der Waals surface area contributed by atoms with Crippen LogP contribution >= 0.6 is 11.6 Å². The van der Waals surface area contributed by atoms with E-state index in [1.807, 2.05) is 18.2 Å². The average molecular weight is 475 g/mol. The van der Waals surface area contributed by atoms with E-state index in [-0.39, 0.29) is 11.7 Å². The number of halogens is 2. The van der Waals surface area contributed by atoms with Crippen LogP contribution in [0.5, 0.6) is 0 Å². The van der Waals surface area contributed by atoms with Crippen LogP contribution in [-0.4, -0.2) is 18.4 Å². The number of amides is 2. The fourth-order valence-electron chi connectivity index (χ4n) is 3.78. The lowest BCUT2D eigenvalue weighted by Gasteiger charge is -2.19. The first-order chi connectivity index (χ1) is 16.5. The molecule has 4 rings (SSSR count). The smallest absolute Gasteiger partial charge is 0.252 e. The van der Waals surface area contributed by atoms with Gasteiger partial charge in [0.1, 0.15) is 11.9 Å². The molecule has 172 valence electrons. The maximum absolute atomic E-state index is 13.5. The van der Waals surface area contributed by atoms with Crippen LogP contribution in [0.25, 0.3) is 10.8 Å². The van der Waals surface area contributed by atoms with Crippen molar-refractivity contribution in [3.63, 3.8) is 0 Å². The minimum atomic E-state index is -0.884. The van der Waals surface area contributed by atoms with Crippen molar-refractivity contribution in [1.29, 1.82) is 0 Å².